The molecule has 0 bridgehead atoms. The minimum Gasteiger partial charge on any atom is -0.384 e. The van der Waals surface area contributed by atoms with E-state index in [0.29, 0.717) is 0 Å². The molecule has 0 saturated carbocycles. The Hall–Kier alpha value is -0.0800. The van der Waals surface area contributed by atoms with Crippen LogP contribution in [0.3, 0.4) is 0 Å². The molecule has 0 radical (unpaired) electrons. The molecule has 2 nitrogen and oxygen atoms in total. The molecular weight excluding hydrogens is 162 g/mol. The van der Waals surface area contributed by atoms with Crippen molar-refractivity contribution in [3.63, 3.8) is 0 Å². The molecule has 0 aliphatic carbocycles. The van der Waals surface area contributed by atoms with E-state index >= 15 is 0 Å². The molecule has 1 rings (SSSR count). The zero-order valence-corrected chi connectivity index (χ0v) is 9.42. The average molecular weight is 185 g/mol. The Morgan fingerprint density at radius 2 is 2.15 bits per heavy atom. The number of ether oxygens (including phenoxy) is 1. The summed E-state index contributed by atoms with van der Waals surface area (Å²) in [7, 11) is 1.80. The molecule has 0 amide bonds. The van der Waals surface area contributed by atoms with Crippen molar-refractivity contribution >= 4 is 0 Å². The molecule has 0 aromatic heterocycles. The van der Waals surface area contributed by atoms with Gasteiger partial charge in [0, 0.05) is 19.7 Å². The second kappa shape index (κ2) is 4.97. The van der Waals surface area contributed by atoms with Crippen molar-refractivity contribution in [3.8, 4) is 0 Å². The molecule has 1 unspecified atom stereocenters. The molecule has 0 N–H and O–H groups in total. The lowest BCUT2D eigenvalue weighted by molar-refractivity contribution is 0.153. The zero-order chi connectivity index (χ0) is 9.84. The second-order valence-corrected chi connectivity index (χ2v) is 4.46. The van der Waals surface area contributed by atoms with Gasteiger partial charge in [0.1, 0.15) is 0 Å². The zero-order valence-electron chi connectivity index (χ0n) is 9.42. The van der Waals surface area contributed by atoms with Gasteiger partial charge in [0.15, 0.2) is 0 Å². The van der Waals surface area contributed by atoms with Gasteiger partial charge in [0.25, 0.3) is 0 Å². The van der Waals surface area contributed by atoms with Gasteiger partial charge in [-0.1, -0.05) is 20.8 Å². The topological polar surface area (TPSA) is 12.5 Å². The lowest BCUT2D eigenvalue weighted by Gasteiger charge is -2.25. The van der Waals surface area contributed by atoms with Crippen LogP contribution in [0.4, 0.5) is 0 Å². The standard InChI is InChI=1S/C11H23NO/c1-5-12-7-10(8-13-4)6-11(12)9(2)3/h9-11H,5-8H2,1-4H3/t10?,11-/m0/s1. The quantitative estimate of drug-likeness (QED) is 0.664. The van der Waals surface area contributed by atoms with Crippen LogP contribution in [0.5, 0.6) is 0 Å². The van der Waals surface area contributed by atoms with E-state index < -0.39 is 0 Å². The summed E-state index contributed by atoms with van der Waals surface area (Å²) in [5.41, 5.74) is 0. The number of hydrogen-bond donors (Lipinski definition) is 0. The van der Waals surface area contributed by atoms with Crippen molar-refractivity contribution in [1.82, 2.24) is 4.90 Å². The van der Waals surface area contributed by atoms with Crippen LogP contribution in [0.25, 0.3) is 0 Å². The lowest BCUT2D eigenvalue weighted by atomic mass is 9.98. The van der Waals surface area contributed by atoms with Gasteiger partial charge in [0.2, 0.25) is 0 Å². The molecule has 1 aliphatic heterocycles. The Balaban J connectivity index is 2.46. The number of likely N-dealkylation sites (tertiary alicyclic amines) is 1. The van der Waals surface area contributed by atoms with Crippen LogP contribution in [0.15, 0.2) is 0 Å². The van der Waals surface area contributed by atoms with Gasteiger partial charge < -0.3 is 9.64 Å². The Morgan fingerprint density at radius 3 is 2.54 bits per heavy atom. The molecule has 1 heterocycles. The highest BCUT2D eigenvalue weighted by molar-refractivity contribution is 4.86. The monoisotopic (exact) mass is 185 g/mol. The summed E-state index contributed by atoms with van der Waals surface area (Å²) >= 11 is 0. The molecule has 0 aromatic rings. The highest BCUT2D eigenvalue weighted by Gasteiger charge is 2.32. The van der Waals surface area contributed by atoms with Crippen LogP contribution in [0.1, 0.15) is 27.2 Å². The van der Waals surface area contributed by atoms with Crippen LogP contribution < -0.4 is 0 Å². The molecule has 0 aromatic carbocycles. The molecule has 78 valence electrons. The number of hydrogen-bond acceptors (Lipinski definition) is 2. The average Bonchev–Trinajstić information content (AvgIpc) is 2.48. The molecule has 2 atom stereocenters. The fourth-order valence-electron chi connectivity index (χ4n) is 2.45. The summed E-state index contributed by atoms with van der Waals surface area (Å²) in [4.78, 5) is 2.59. The van der Waals surface area contributed by atoms with Gasteiger partial charge in [-0.25, -0.2) is 0 Å². The summed E-state index contributed by atoms with van der Waals surface area (Å²) < 4.78 is 5.22. The summed E-state index contributed by atoms with van der Waals surface area (Å²) in [5, 5.41) is 0. The lowest BCUT2D eigenvalue weighted by Crippen LogP contribution is -2.33. The van der Waals surface area contributed by atoms with Crippen molar-refractivity contribution in [2.24, 2.45) is 11.8 Å². The van der Waals surface area contributed by atoms with Crippen LogP contribution in [0.2, 0.25) is 0 Å². The van der Waals surface area contributed by atoms with Gasteiger partial charge in [0.05, 0.1) is 6.61 Å². The van der Waals surface area contributed by atoms with Crippen molar-refractivity contribution in [2.75, 3.05) is 26.8 Å². The number of nitrogens with zero attached hydrogens (tertiary/aromatic N) is 1. The minimum atomic E-state index is 0.761. The second-order valence-electron chi connectivity index (χ2n) is 4.46. The van der Waals surface area contributed by atoms with Crippen LogP contribution in [0, 0.1) is 11.8 Å². The van der Waals surface area contributed by atoms with E-state index in [0.717, 1.165) is 24.5 Å². The van der Waals surface area contributed by atoms with Gasteiger partial charge in [-0.2, -0.15) is 0 Å². The van der Waals surface area contributed by atoms with E-state index in [1.165, 1.54) is 19.5 Å². The maximum absolute atomic E-state index is 5.22. The van der Waals surface area contributed by atoms with Gasteiger partial charge in [-0.3, -0.25) is 0 Å². The maximum atomic E-state index is 5.22. The number of methoxy groups -OCH3 is 1. The predicted molar refractivity (Wildman–Crippen MR) is 55.9 cm³/mol. The van der Waals surface area contributed by atoms with E-state index in [1.54, 1.807) is 7.11 Å². The van der Waals surface area contributed by atoms with Gasteiger partial charge in [-0.15, -0.1) is 0 Å². The van der Waals surface area contributed by atoms with Crippen LogP contribution >= 0.6 is 0 Å². The number of rotatable bonds is 4. The molecule has 13 heavy (non-hydrogen) atoms. The summed E-state index contributed by atoms with van der Waals surface area (Å²) in [6.07, 6.45) is 1.32. The van der Waals surface area contributed by atoms with Crippen molar-refractivity contribution in [1.29, 1.82) is 0 Å². The Kier molecular flexibility index (Phi) is 4.20. The van der Waals surface area contributed by atoms with Crippen molar-refractivity contribution in [3.05, 3.63) is 0 Å². The smallest absolute Gasteiger partial charge is 0.0503 e. The third kappa shape index (κ3) is 2.68. The highest BCUT2D eigenvalue weighted by atomic mass is 16.5. The fraction of sp³-hybridized carbons (Fsp3) is 1.00. The SMILES string of the molecule is CCN1CC(COC)C[C@H]1C(C)C. The van der Waals surface area contributed by atoms with Gasteiger partial charge >= 0.3 is 0 Å². The summed E-state index contributed by atoms with van der Waals surface area (Å²) in [6.45, 7) is 10.2. The maximum Gasteiger partial charge on any atom is 0.0503 e. The van der Waals surface area contributed by atoms with E-state index in [4.69, 9.17) is 4.74 Å². The van der Waals surface area contributed by atoms with Crippen molar-refractivity contribution < 1.29 is 4.74 Å². The minimum absolute atomic E-state index is 0.761. The predicted octanol–water partition coefficient (Wildman–Crippen LogP) is 2.00. The molecular formula is C11H23NO. The molecule has 1 saturated heterocycles. The van der Waals surface area contributed by atoms with Crippen molar-refractivity contribution in [2.45, 2.75) is 33.2 Å². The van der Waals surface area contributed by atoms with Gasteiger partial charge in [-0.05, 0) is 24.8 Å². The fourth-order valence-corrected chi connectivity index (χ4v) is 2.45. The molecule has 1 fully saturated rings. The van der Waals surface area contributed by atoms with E-state index in [2.05, 4.69) is 25.7 Å². The van der Waals surface area contributed by atoms with Crippen LogP contribution in [-0.2, 0) is 4.74 Å². The first-order chi connectivity index (χ1) is 6.19. The Morgan fingerprint density at radius 1 is 1.46 bits per heavy atom. The Bertz CT molecular complexity index is 147. The third-order valence-electron chi connectivity index (χ3n) is 3.11. The first-order valence-corrected chi connectivity index (χ1v) is 5.42. The Labute approximate surface area is 82.3 Å². The van der Waals surface area contributed by atoms with E-state index in [1.807, 2.05) is 0 Å². The van der Waals surface area contributed by atoms with E-state index in [9.17, 15) is 0 Å². The summed E-state index contributed by atoms with van der Waals surface area (Å²) in [6, 6.07) is 0.783. The van der Waals surface area contributed by atoms with Crippen LogP contribution in [-0.4, -0.2) is 37.7 Å². The first kappa shape index (κ1) is 11.0. The highest BCUT2D eigenvalue weighted by Crippen LogP contribution is 2.27. The normalized spacial score (nSPS) is 30.2. The summed E-state index contributed by atoms with van der Waals surface area (Å²) in [5.74, 6) is 1.54. The molecule has 1 aliphatic rings. The third-order valence-corrected chi connectivity index (χ3v) is 3.11. The largest absolute Gasteiger partial charge is 0.384 e. The molecule has 0 spiro atoms. The first-order valence-electron chi connectivity index (χ1n) is 5.42. The molecule has 2 heteroatoms. The van der Waals surface area contributed by atoms with E-state index in [-0.39, 0.29) is 0 Å².